The van der Waals surface area contributed by atoms with Gasteiger partial charge in [-0.15, -0.1) is 0 Å². The van der Waals surface area contributed by atoms with E-state index in [1.54, 1.807) is 39.0 Å². The van der Waals surface area contributed by atoms with E-state index in [-0.39, 0.29) is 42.3 Å². The summed E-state index contributed by atoms with van der Waals surface area (Å²) in [5, 5.41) is 23.7. The lowest BCUT2D eigenvalue weighted by atomic mass is 9.75. The number of aromatic hydroxyl groups is 1. The molecule has 194 valence electrons. The first kappa shape index (κ1) is 27.1. The molecule has 3 rings (SSSR count). The number of aliphatic imine (C=N–C) groups is 1. The van der Waals surface area contributed by atoms with Gasteiger partial charge in [-0.2, -0.15) is 0 Å². The Morgan fingerprint density at radius 3 is 2.51 bits per heavy atom. The van der Waals surface area contributed by atoms with Crippen molar-refractivity contribution in [1.29, 1.82) is 0 Å². The highest BCUT2D eigenvalue weighted by molar-refractivity contribution is 6.07. The van der Waals surface area contributed by atoms with Gasteiger partial charge in [-0.1, -0.05) is 24.3 Å². The molecule has 2 unspecified atom stereocenters. The van der Waals surface area contributed by atoms with E-state index in [1.165, 1.54) is 30.3 Å². The van der Waals surface area contributed by atoms with Crippen molar-refractivity contribution in [2.24, 2.45) is 10.9 Å². The van der Waals surface area contributed by atoms with E-state index in [1.807, 2.05) is 0 Å². The number of non-ortho nitro benzene ring substituents is 1. The number of allylic oxidation sites excluding steroid dienone is 1. The molecule has 1 amide bonds. The first-order valence-corrected chi connectivity index (χ1v) is 11.6. The highest BCUT2D eigenvalue weighted by atomic mass is 16.6. The van der Waals surface area contributed by atoms with Crippen LogP contribution >= 0.6 is 0 Å². The van der Waals surface area contributed by atoms with Crippen LogP contribution in [-0.4, -0.2) is 53.3 Å². The number of carbonyl (C=O) groups excluding carboxylic acids is 3. The highest BCUT2D eigenvalue weighted by Gasteiger charge is 2.42. The van der Waals surface area contributed by atoms with Gasteiger partial charge in [0.25, 0.3) is 11.6 Å². The molecule has 0 saturated carbocycles. The van der Waals surface area contributed by atoms with Gasteiger partial charge in [0.2, 0.25) is 0 Å². The Hall–Kier alpha value is -4.54. The SMILES string of the molecule is CCOC(=O)C1C(C)=NC(C)=C(C(=O)OCCNC(=O)c2ccccc2O)C1c1cccc([N+](=O)[O-])c1. The van der Waals surface area contributed by atoms with Crippen LogP contribution in [0, 0.1) is 16.0 Å². The Balaban J connectivity index is 1.84. The maximum absolute atomic E-state index is 13.2. The van der Waals surface area contributed by atoms with Gasteiger partial charge in [-0.05, 0) is 38.5 Å². The Morgan fingerprint density at radius 2 is 1.84 bits per heavy atom. The number of ether oxygens (including phenoxy) is 2. The number of benzene rings is 2. The van der Waals surface area contributed by atoms with Gasteiger partial charge < -0.3 is 19.9 Å². The van der Waals surface area contributed by atoms with Gasteiger partial charge in [0.15, 0.2) is 0 Å². The number of phenols is 1. The Morgan fingerprint density at radius 1 is 1.11 bits per heavy atom. The van der Waals surface area contributed by atoms with Crippen molar-refractivity contribution < 1.29 is 33.9 Å². The van der Waals surface area contributed by atoms with E-state index in [2.05, 4.69) is 10.3 Å². The summed E-state index contributed by atoms with van der Waals surface area (Å²) in [5.74, 6) is -4.05. The molecule has 0 fully saturated rings. The summed E-state index contributed by atoms with van der Waals surface area (Å²) >= 11 is 0. The van der Waals surface area contributed by atoms with Crippen molar-refractivity contribution in [1.82, 2.24) is 5.32 Å². The molecule has 2 aromatic rings. The molecule has 0 bridgehead atoms. The smallest absolute Gasteiger partial charge is 0.336 e. The van der Waals surface area contributed by atoms with Gasteiger partial charge in [0.05, 0.1) is 29.2 Å². The summed E-state index contributed by atoms with van der Waals surface area (Å²) in [6, 6.07) is 11.7. The van der Waals surface area contributed by atoms with Crippen LogP contribution < -0.4 is 5.32 Å². The number of carbonyl (C=O) groups is 3. The Labute approximate surface area is 213 Å². The minimum Gasteiger partial charge on any atom is -0.507 e. The topological polar surface area (TPSA) is 157 Å². The number of nitrogens with zero attached hydrogens (tertiary/aromatic N) is 2. The summed E-state index contributed by atoms with van der Waals surface area (Å²) in [6.45, 7) is 4.72. The average molecular weight is 510 g/mol. The number of para-hydroxylation sites is 1. The number of nitro groups is 1. The number of phenolic OH excluding ortho intramolecular Hbond substituents is 1. The van der Waals surface area contributed by atoms with Gasteiger partial charge >= 0.3 is 11.9 Å². The number of esters is 2. The molecule has 0 aromatic heterocycles. The summed E-state index contributed by atoms with van der Waals surface area (Å²) in [4.78, 5) is 53.6. The van der Waals surface area contributed by atoms with Crippen LogP contribution in [0.25, 0.3) is 0 Å². The number of rotatable bonds is 9. The predicted octanol–water partition coefficient (Wildman–Crippen LogP) is 3.29. The van der Waals surface area contributed by atoms with Crippen molar-refractivity contribution in [3.05, 3.63) is 81.0 Å². The molecule has 1 heterocycles. The van der Waals surface area contributed by atoms with Crippen LogP contribution in [0.15, 0.2) is 64.8 Å². The minimum atomic E-state index is -0.992. The van der Waals surface area contributed by atoms with E-state index >= 15 is 0 Å². The zero-order chi connectivity index (χ0) is 27.1. The zero-order valence-corrected chi connectivity index (χ0v) is 20.6. The van der Waals surface area contributed by atoms with E-state index in [4.69, 9.17) is 9.47 Å². The second kappa shape index (κ2) is 11.9. The normalized spacial score (nSPS) is 17.0. The molecule has 1 aliphatic heterocycles. The molecular weight excluding hydrogens is 482 g/mol. The summed E-state index contributed by atoms with van der Waals surface area (Å²) in [6.07, 6.45) is 0. The molecule has 0 saturated heterocycles. The molecule has 2 atom stereocenters. The second-order valence-corrected chi connectivity index (χ2v) is 8.22. The van der Waals surface area contributed by atoms with E-state index < -0.39 is 34.6 Å². The second-order valence-electron chi connectivity index (χ2n) is 8.22. The van der Waals surface area contributed by atoms with Gasteiger partial charge in [0.1, 0.15) is 18.3 Å². The predicted molar refractivity (Wildman–Crippen MR) is 133 cm³/mol. The number of nitrogens with one attached hydrogen (secondary N) is 1. The zero-order valence-electron chi connectivity index (χ0n) is 20.6. The molecule has 2 N–H and O–H groups in total. The van der Waals surface area contributed by atoms with Crippen molar-refractivity contribution >= 4 is 29.2 Å². The van der Waals surface area contributed by atoms with Crippen LogP contribution in [0.3, 0.4) is 0 Å². The fourth-order valence-electron chi connectivity index (χ4n) is 4.18. The number of nitro benzene ring substituents is 1. The van der Waals surface area contributed by atoms with Gasteiger partial charge in [0, 0.05) is 29.5 Å². The Kier molecular flexibility index (Phi) is 8.72. The van der Waals surface area contributed by atoms with Crippen molar-refractivity contribution in [2.45, 2.75) is 26.7 Å². The van der Waals surface area contributed by atoms with E-state index in [9.17, 15) is 29.6 Å². The maximum atomic E-state index is 13.2. The number of hydrogen-bond donors (Lipinski definition) is 2. The van der Waals surface area contributed by atoms with Crippen molar-refractivity contribution in [3.63, 3.8) is 0 Å². The van der Waals surface area contributed by atoms with E-state index in [0.29, 0.717) is 17.0 Å². The molecule has 0 aliphatic carbocycles. The van der Waals surface area contributed by atoms with Gasteiger partial charge in [-0.25, -0.2) is 4.79 Å². The largest absolute Gasteiger partial charge is 0.507 e. The molecule has 2 aromatic carbocycles. The average Bonchev–Trinajstić information content (AvgIpc) is 2.86. The molecule has 11 heteroatoms. The number of hydrogen-bond acceptors (Lipinski definition) is 9. The van der Waals surface area contributed by atoms with Crippen LogP contribution in [-0.2, 0) is 19.1 Å². The first-order chi connectivity index (χ1) is 17.6. The van der Waals surface area contributed by atoms with Crippen LogP contribution in [0.4, 0.5) is 5.69 Å². The lowest BCUT2D eigenvalue weighted by Gasteiger charge is -2.31. The van der Waals surface area contributed by atoms with E-state index in [0.717, 1.165) is 0 Å². The lowest BCUT2D eigenvalue weighted by Crippen LogP contribution is -2.37. The highest BCUT2D eigenvalue weighted by Crippen LogP contribution is 2.41. The maximum Gasteiger partial charge on any atom is 0.336 e. The van der Waals surface area contributed by atoms with Crippen LogP contribution in [0.1, 0.15) is 42.6 Å². The molecule has 11 nitrogen and oxygen atoms in total. The Bertz CT molecular complexity index is 1280. The first-order valence-electron chi connectivity index (χ1n) is 11.6. The summed E-state index contributed by atoms with van der Waals surface area (Å²) in [7, 11) is 0. The van der Waals surface area contributed by atoms with Crippen molar-refractivity contribution in [2.75, 3.05) is 19.8 Å². The van der Waals surface area contributed by atoms with Crippen LogP contribution in [0.5, 0.6) is 5.75 Å². The third kappa shape index (κ3) is 6.18. The monoisotopic (exact) mass is 509 g/mol. The summed E-state index contributed by atoms with van der Waals surface area (Å²) in [5.41, 5.74) is 1.01. The minimum absolute atomic E-state index is 0.0453. The standard InChI is InChI=1S/C26H27N3O8/c1-4-36-25(32)21-15(2)28-16(3)22(23(21)17-8-7-9-18(14-17)29(34)35)26(33)37-13-12-27-24(31)19-10-5-6-11-20(19)30/h5-11,14,21,23,30H,4,12-13H2,1-3H3,(H,27,31). The fraction of sp³-hybridized carbons (Fsp3) is 0.308. The summed E-state index contributed by atoms with van der Waals surface area (Å²) < 4.78 is 10.6. The lowest BCUT2D eigenvalue weighted by molar-refractivity contribution is -0.384. The third-order valence-electron chi connectivity index (χ3n) is 5.80. The van der Waals surface area contributed by atoms with Gasteiger partial charge in [-0.3, -0.25) is 24.7 Å². The molecule has 0 radical (unpaired) electrons. The third-order valence-corrected chi connectivity index (χ3v) is 5.80. The quantitative estimate of drug-likeness (QED) is 0.226. The van der Waals surface area contributed by atoms with Crippen molar-refractivity contribution in [3.8, 4) is 5.75 Å². The molecule has 0 spiro atoms. The molecule has 37 heavy (non-hydrogen) atoms. The van der Waals surface area contributed by atoms with Crippen LogP contribution in [0.2, 0.25) is 0 Å². The molecule has 1 aliphatic rings. The fourth-order valence-corrected chi connectivity index (χ4v) is 4.18. The molecular formula is C26H27N3O8. The number of amides is 1.